The van der Waals surface area contributed by atoms with Gasteiger partial charge in [0.1, 0.15) is 11.4 Å². The van der Waals surface area contributed by atoms with E-state index in [4.69, 9.17) is 0 Å². The SMILES string of the molecule is CC(=O)N(C1CC1)[C@@H]1CCCN(C(=O)NCc2cn(-c3cccc(OC(F)(F)F)c3)nn2)C1. The zero-order valence-electron chi connectivity index (χ0n) is 18.1. The van der Waals surface area contributed by atoms with Crippen molar-refractivity contribution in [2.45, 2.75) is 57.6 Å². The molecule has 1 aromatic heterocycles. The fourth-order valence-electron chi connectivity index (χ4n) is 4.14. The highest BCUT2D eigenvalue weighted by molar-refractivity contribution is 5.76. The summed E-state index contributed by atoms with van der Waals surface area (Å²) in [5.74, 6) is -0.318. The van der Waals surface area contributed by atoms with E-state index in [0.29, 0.717) is 30.5 Å². The lowest BCUT2D eigenvalue weighted by atomic mass is 10.0. The smallest absolute Gasteiger partial charge is 0.406 e. The molecule has 33 heavy (non-hydrogen) atoms. The van der Waals surface area contributed by atoms with Gasteiger partial charge in [-0.1, -0.05) is 11.3 Å². The first-order valence-electron chi connectivity index (χ1n) is 10.8. The van der Waals surface area contributed by atoms with Gasteiger partial charge in [0.05, 0.1) is 18.4 Å². The van der Waals surface area contributed by atoms with Crippen LogP contribution in [0.25, 0.3) is 5.69 Å². The van der Waals surface area contributed by atoms with Gasteiger partial charge >= 0.3 is 12.4 Å². The van der Waals surface area contributed by atoms with Gasteiger partial charge in [-0.05, 0) is 37.8 Å². The van der Waals surface area contributed by atoms with Gasteiger partial charge in [-0.25, -0.2) is 9.48 Å². The number of nitrogens with one attached hydrogen (secondary N) is 1. The van der Waals surface area contributed by atoms with Gasteiger partial charge < -0.3 is 19.9 Å². The van der Waals surface area contributed by atoms with E-state index >= 15 is 0 Å². The molecule has 1 aromatic carbocycles. The van der Waals surface area contributed by atoms with Gasteiger partial charge in [-0.2, -0.15) is 0 Å². The highest BCUT2D eigenvalue weighted by atomic mass is 19.4. The van der Waals surface area contributed by atoms with Crippen molar-refractivity contribution in [1.82, 2.24) is 30.1 Å². The number of carbonyl (C=O) groups is 2. The lowest BCUT2D eigenvalue weighted by Crippen LogP contribution is -2.53. The maximum absolute atomic E-state index is 12.7. The average Bonchev–Trinajstić information content (AvgIpc) is 3.46. The summed E-state index contributed by atoms with van der Waals surface area (Å²) in [7, 11) is 0. The fourth-order valence-corrected chi connectivity index (χ4v) is 4.14. The summed E-state index contributed by atoms with van der Waals surface area (Å²) in [6.45, 7) is 2.78. The van der Waals surface area contributed by atoms with Crippen molar-refractivity contribution in [2.24, 2.45) is 0 Å². The van der Waals surface area contributed by atoms with Crippen molar-refractivity contribution in [3.05, 3.63) is 36.2 Å². The van der Waals surface area contributed by atoms with Crippen LogP contribution in [0.1, 0.15) is 38.3 Å². The summed E-state index contributed by atoms with van der Waals surface area (Å²) in [5, 5.41) is 10.7. The minimum absolute atomic E-state index is 0.0292. The standard InChI is InChI=1S/C21H25F3N6O3/c1-14(31)30(16-7-8-16)18-5-3-9-28(13-18)20(32)25-11-15-12-29(27-26-15)17-4-2-6-19(10-17)33-21(22,23)24/h2,4,6,10,12,16,18H,3,5,7-9,11,13H2,1H3,(H,25,32)/t18-/m1/s1. The summed E-state index contributed by atoms with van der Waals surface area (Å²) in [6.07, 6.45) is 0.472. The normalized spacial score (nSPS) is 18.7. The van der Waals surface area contributed by atoms with Crippen LogP contribution in [0, 0.1) is 0 Å². The number of alkyl halides is 3. The molecular weight excluding hydrogens is 441 g/mol. The molecule has 12 heteroatoms. The molecule has 0 bridgehead atoms. The molecule has 1 saturated heterocycles. The topological polar surface area (TPSA) is 92.6 Å². The van der Waals surface area contributed by atoms with Gasteiger partial charge in [0, 0.05) is 38.2 Å². The van der Waals surface area contributed by atoms with Crippen molar-refractivity contribution in [2.75, 3.05) is 13.1 Å². The zero-order valence-corrected chi connectivity index (χ0v) is 18.1. The van der Waals surface area contributed by atoms with Gasteiger partial charge in [0.2, 0.25) is 5.91 Å². The third-order valence-corrected chi connectivity index (χ3v) is 5.66. The summed E-state index contributed by atoms with van der Waals surface area (Å²) in [4.78, 5) is 28.4. The monoisotopic (exact) mass is 466 g/mol. The van der Waals surface area contributed by atoms with E-state index in [1.165, 1.54) is 29.1 Å². The second-order valence-electron chi connectivity index (χ2n) is 8.26. The van der Waals surface area contributed by atoms with Crippen molar-refractivity contribution in [1.29, 1.82) is 0 Å². The number of hydrogen-bond acceptors (Lipinski definition) is 5. The minimum atomic E-state index is -4.79. The van der Waals surface area contributed by atoms with Crippen LogP contribution in [0.15, 0.2) is 30.5 Å². The van der Waals surface area contributed by atoms with Crippen LogP contribution in [0.3, 0.4) is 0 Å². The molecule has 1 saturated carbocycles. The first-order chi connectivity index (χ1) is 15.7. The number of urea groups is 1. The Kier molecular flexibility index (Phi) is 6.43. The van der Waals surface area contributed by atoms with Crippen LogP contribution >= 0.6 is 0 Å². The van der Waals surface area contributed by atoms with Crippen LogP contribution in [-0.2, 0) is 11.3 Å². The maximum Gasteiger partial charge on any atom is 0.573 e. The number of hydrogen-bond donors (Lipinski definition) is 1. The Morgan fingerprint density at radius 1 is 1.24 bits per heavy atom. The second-order valence-corrected chi connectivity index (χ2v) is 8.26. The van der Waals surface area contributed by atoms with Crippen molar-refractivity contribution in [3.63, 3.8) is 0 Å². The highest BCUT2D eigenvalue weighted by Gasteiger charge is 2.38. The van der Waals surface area contributed by atoms with Crippen LogP contribution in [0.5, 0.6) is 5.75 Å². The zero-order chi connectivity index (χ0) is 23.6. The maximum atomic E-state index is 12.7. The summed E-state index contributed by atoms with van der Waals surface area (Å²) < 4.78 is 42.6. The molecular formula is C21H25F3N6O3. The number of ether oxygens (including phenoxy) is 1. The van der Waals surface area contributed by atoms with Gasteiger partial charge in [-0.15, -0.1) is 18.3 Å². The molecule has 1 N–H and O–H groups in total. The Morgan fingerprint density at radius 2 is 2.03 bits per heavy atom. The molecule has 2 heterocycles. The third-order valence-electron chi connectivity index (χ3n) is 5.66. The van der Waals surface area contributed by atoms with E-state index in [1.54, 1.807) is 17.9 Å². The lowest BCUT2D eigenvalue weighted by Gasteiger charge is -2.39. The Bertz CT molecular complexity index is 1010. The molecule has 4 rings (SSSR count). The quantitative estimate of drug-likeness (QED) is 0.707. The first kappa shape index (κ1) is 22.9. The summed E-state index contributed by atoms with van der Waals surface area (Å²) >= 11 is 0. The van der Waals surface area contributed by atoms with Crippen molar-refractivity contribution >= 4 is 11.9 Å². The predicted octanol–water partition coefficient (Wildman–Crippen LogP) is 2.85. The molecule has 2 fully saturated rings. The highest BCUT2D eigenvalue weighted by Crippen LogP contribution is 2.31. The molecule has 0 unspecified atom stereocenters. The van der Waals surface area contributed by atoms with Crippen LogP contribution < -0.4 is 10.1 Å². The molecule has 9 nitrogen and oxygen atoms in total. The Balaban J connectivity index is 1.33. The predicted molar refractivity (Wildman–Crippen MR) is 110 cm³/mol. The minimum Gasteiger partial charge on any atom is -0.406 e. The molecule has 3 amide bonds. The number of aromatic nitrogens is 3. The number of rotatable bonds is 6. The van der Waals surface area contributed by atoms with E-state index in [9.17, 15) is 22.8 Å². The molecule has 2 aromatic rings. The second kappa shape index (κ2) is 9.28. The Labute approximate surface area is 188 Å². The first-order valence-corrected chi connectivity index (χ1v) is 10.8. The largest absolute Gasteiger partial charge is 0.573 e. The molecule has 1 aliphatic heterocycles. The molecule has 178 valence electrons. The van der Waals surface area contributed by atoms with E-state index in [-0.39, 0.29) is 30.3 Å². The molecule has 1 atom stereocenters. The number of halogens is 3. The molecule has 1 aliphatic carbocycles. The number of benzene rings is 1. The number of amides is 3. The Morgan fingerprint density at radius 3 is 2.73 bits per heavy atom. The summed E-state index contributed by atoms with van der Waals surface area (Å²) in [5.41, 5.74) is 0.785. The van der Waals surface area contributed by atoms with Gasteiger partial charge in [-0.3, -0.25) is 4.79 Å². The number of carbonyl (C=O) groups excluding carboxylic acids is 2. The van der Waals surface area contributed by atoms with E-state index in [1.807, 2.05) is 4.90 Å². The summed E-state index contributed by atoms with van der Waals surface area (Å²) in [6, 6.07) is 5.44. The van der Waals surface area contributed by atoms with E-state index in [2.05, 4.69) is 20.4 Å². The number of likely N-dealkylation sites (tertiary alicyclic amines) is 1. The molecule has 0 radical (unpaired) electrons. The van der Waals surface area contributed by atoms with Crippen molar-refractivity contribution in [3.8, 4) is 11.4 Å². The molecule has 0 spiro atoms. The third kappa shape index (κ3) is 5.93. The lowest BCUT2D eigenvalue weighted by molar-refractivity contribution is -0.274. The number of nitrogens with zero attached hydrogens (tertiary/aromatic N) is 5. The van der Waals surface area contributed by atoms with Crippen LogP contribution in [-0.4, -0.2) is 68.3 Å². The van der Waals surface area contributed by atoms with E-state index in [0.717, 1.165) is 25.7 Å². The number of piperidine rings is 1. The Hall–Kier alpha value is -3.31. The van der Waals surface area contributed by atoms with Crippen LogP contribution in [0.4, 0.5) is 18.0 Å². The van der Waals surface area contributed by atoms with Crippen molar-refractivity contribution < 1.29 is 27.5 Å². The van der Waals surface area contributed by atoms with Gasteiger partial charge in [0.25, 0.3) is 0 Å². The molecule has 2 aliphatic rings. The fraction of sp³-hybridized carbons (Fsp3) is 0.524. The van der Waals surface area contributed by atoms with E-state index < -0.39 is 6.36 Å². The van der Waals surface area contributed by atoms with Crippen LogP contribution in [0.2, 0.25) is 0 Å². The average molecular weight is 466 g/mol. The van der Waals surface area contributed by atoms with Gasteiger partial charge in [0.15, 0.2) is 0 Å².